The summed E-state index contributed by atoms with van der Waals surface area (Å²) in [7, 11) is 1.56. The number of amides is 1. The summed E-state index contributed by atoms with van der Waals surface area (Å²) >= 11 is 0. The van der Waals surface area contributed by atoms with E-state index < -0.39 is 0 Å². The molecular weight excluding hydrogens is 204 g/mol. The number of nitrogen functional groups attached to an aromatic ring is 1. The molecule has 0 saturated heterocycles. The number of rotatable bonds is 5. The molecule has 0 radical (unpaired) electrons. The summed E-state index contributed by atoms with van der Waals surface area (Å²) in [6.45, 7) is 2.05. The Bertz CT molecular complexity index is 364. The van der Waals surface area contributed by atoms with Gasteiger partial charge in [-0.1, -0.05) is 13.3 Å². The van der Waals surface area contributed by atoms with Crippen LogP contribution in [0.25, 0.3) is 0 Å². The molecule has 0 unspecified atom stereocenters. The summed E-state index contributed by atoms with van der Waals surface area (Å²) in [6, 6.07) is 5.21. The van der Waals surface area contributed by atoms with Crippen LogP contribution < -0.4 is 15.8 Å². The summed E-state index contributed by atoms with van der Waals surface area (Å²) in [5.74, 6) is 0.637. The molecule has 16 heavy (non-hydrogen) atoms. The third kappa shape index (κ3) is 3.46. The monoisotopic (exact) mass is 222 g/mol. The molecule has 1 aromatic rings. The third-order valence-electron chi connectivity index (χ3n) is 2.27. The first-order chi connectivity index (χ1) is 7.67. The number of carbonyl (C=O) groups excluding carboxylic acids is 1. The summed E-state index contributed by atoms with van der Waals surface area (Å²) in [5.41, 5.74) is 6.96. The lowest BCUT2D eigenvalue weighted by Crippen LogP contribution is -2.11. The van der Waals surface area contributed by atoms with E-state index in [1.807, 2.05) is 0 Å². The van der Waals surface area contributed by atoms with Gasteiger partial charge in [0, 0.05) is 12.1 Å². The Labute approximate surface area is 95.8 Å². The summed E-state index contributed by atoms with van der Waals surface area (Å²) in [5, 5.41) is 2.79. The number of anilines is 2. The fraction of sp³-hybridized carbons (Fsp3) is 0.417. The van der Waals surface area contributed by atoms with Crippen molar-refractivity contribution in [2.75, 3.05) is 18.2 Å². The molecule has 0 aromatic heterocycles. The molecule has 0 aliphatic rings. The second-order valence-corrected chi connectivity index (χ2v) is 3.61. The van der Waals surface area contributed by atoms with Gasteiger partial charge in [-0.2, -0.15) is 0 Å². The topological polar surface area (TPSA) is 64.3 Å². The van der Waals surface area contributed by atoms with Gasteiger partial charge in [-0.3, -0.25) is 4.79 Å². The van der Waals surface area contributed by atoms with Crippen LogP contribution in [0.4, 0.5) is 11.4 Å². The molecule has 3 N–H and O–H groups in total. The fourth-order valence-corrected chi connectivity index (χ4v) is 1.37. The first-order valence-electron chi connectivity index (χ1n) is 5.40. The van der Waals surface area contributed by atoms with Gasteiger partial charge in [0.25, 0.3) is 0 Å². The maximum absolute atomic E-state index is 11.5. The van der Waals surface area contributed by atoms with Gasteiger partial charge in [0.1, 0.15) is 5.75 Å². The number of nitrogens with two attached hydrogens (primary N) is 1. The Balaban J connectivity index is 2.61. The van der Waals surface area contributed by atoms with Crippen molar-refractivity contribution >= 4 is 17.3 Å². The number of unbranched alkanes of at least 4 members (excludes halogenated alkanes) is 1. The van der Waals surface area contributed by atoms with Gasteiger partial charge in [0.2, 0.25) is 5.91 Å². The maximum Gasteiger partial charge on any atom is 0.224 e. The van der Waals surface area contributed by atoms with E-state index in [-0.39, 0.29) is 5.91 Å². The summed E-state index contributed by atoms with van der Waals surface area (Å²) < 4.78 is 5.03. The number of hydrogen-bond acceptors (Lipinski definition) is 3. The smallest absolute Gasteiger partial charge is 0.224 e. The van der Waals surface area contributed by atoms with Gasteiger partial charge in [-0.05, 0) is 24.6 Å². The van der Waals surface area contributed by atoms with Gasteiger partial charge in [-0.25, -0.2) is 0 Å². The molecule has 1 aromatic carbocycles. The van der Waals surface area contributed by atoms with Crippen molar-refractivity contribution in [3.05, 3.63) is 18.2 Å². The van der Waals surface area contributed by atoms with Gasteiger partial charge >= 0.3 is 0 Å². The van der Waals surface area contributed by atoms with E-state index in [1.165, 1.54) is 0 Å². The molecule has 0 heterocycles. The highest BCUT2D eigenvalue weighted by molar-refractivity contribution is 5.91. The zero-order valence-corrected chi connectivity index (χ0v) is 9.75. The standard InChI is InChI=1S/C12H18N2O2/c1-3-4-5-12(15)14-9-6-7-11(16-2)10(13)8-9/h6-8H,3-5,13H2,1-2H3,(H,14,15). The van der Waals surface area contributed by atoms with E-state index in [4.69, 9.17) is 10.5 Å². The first kappa shape index (κ1) is 12.4. The largest absolute Gasteiger partial charge is 0.495 e. The Morgan fingerprint density at radius 1 is 1.50 bits per heavy atom. The van der Waals surface area contributed by atoms with Gasteiger partial charge in [0.15, 0.2) is 0 Å². The van der Waals surface area contributed by atoms with Crippen LogP contribution in [0.1, 0.15) is 26.2 Å². The number of carbonyl (C=O) groups is 1. The highest BCUT2D eigenvalue weighted by atomic mass is 16.5. The minimum absolute atomic E-state index is 0.0198. The average molecular weight is 222 g/mol. The normalized spacial score (nSPS) is 9.88. The summed E-state index contributed by atoms with van der Waals surface area (Å²) in [4.78, 5) is 11.5. The number of methoxy groups -OCH3 is 1. The average Bonchev–Trinajstić information content (AvgIpc) is 2.26. The Hall–Kier alpha value is -1.71. The molecule has 0 fully saturated rings. The highest BCUT2D eigenvalue weighted by Crippen LogP contribution is 2.24. The molecule has 0 bridgehead atoms. The predicted molar refractivity (Wildman–Crippen MR) is 65.6 cm³/mol. The lowest BCUT2D eigenvalue weighted by atomic mass is 10.2. The van der Waals surface area contributed by atoms with Crippen LogP contribution in [0, 0.1) is 0 Å². The lowest BCUT2D eigenvalue weighted by molar-refractivity contribution is -0.116. The molecule has 88 valence electrons. The van der Waals surface area contributed by atoms with Crippen molar-refractivity contribution in [3.63, 3.8) is 0 Å². The molecule has 1 amide bonds. The fourth-order valence-electron chi connectivity index (χ4n) is 1.37. The van der Waals surface area contributed by atoms with Crippen LogP contribution in [0.2, 0.25) is 0 Å². The molecule has 4 heteroatoms. The van der Waals surface area contributed by atoms with Crippen LogP contribution in [0.3, 0.4) is 0 Å². The van der Waals surface area contributed by atoms with E-state index >= 15 is 0 Å². The van der Waals surface area contributed by atoms with Gasteiger partial charge in [0.05, 0.1) is 12.8 Å². The number of ether oxygens (including phenoxy) is 1. The van der Waals surface area contributed by atoms with Crippen molar-refractivity contribution in [1.29, 1.82) is 0 Å². The van der Waals surface area contributed by atoms with Crippen molar-refractivity contribution in [2.24, 2.45) is 0 Å². The molecule has 0 spiro atoms. The van der Waals surface area contributed by atoms with Gasteiger partial charge < -0.3 is 15.8 Å². The minimum atomic E-state index is 0.0198. The summed E-state index contributed by atoms with van der Waals surface area (Å²) in [6.07, 6.45) is 2.46. The van der Waals surface area contributed by atoms with E-state index in [1.54, 1.807) is 25.3 Å². The van der Waals surface area contributed by atoms with Crippen molar-refractivity contribution in [3.8, 4) is 5.75 Å². The van der Waals surface area contributed by atoms with Crippen molar-refractivity contribution in [1.82, 2.24) is 0 Å². The number of benzene rings is 1. The van der Waals surface area contributed by atoms with E-state index in [2.05, 4.69) is 12.2 Å². The third-order valence-corrected chi connectivity index (χ3v) is 2.27. The van der Waals surface area contributed by atoms with E-state index in [0.29, 0.717) is 23.5 Å². The first-order valence-corrected chi connectivity index (χ1v) is 5.40. The molecular formula is C12H18N2O2. The zero-order valence-electron chi connectivity index (χ0n) is 9.75. The van der Waals surface area contributed by atoms with Crippen LogP contribution in [-0.4, -0.2) is 13.0 Å². The quantitative estimate of drug-likeness (QED) is 0.752. The molecule has 1 rings (SSSR count). The molecule has 0 saturated carbocycles. The molecule has 0 atom stereocenters. The van der Waals surface area contributed by atoms with Gasteiger partial charge in [-0.15, -0.1) is 0 Å². The second kappa shape index (κ2) is 6.00. The van der Waals surface area contributed by atoms with Crippen molar-refractivity contribution < 1.29 is 9.53 Å². The van der Waals surface area contributed by atoms with Crippen LogP contribution >= 0.6 is 0 Å². The molecule has 0 aliphatic carbocycles. The predicted octanol–water partition coefficient (Wildman–Crippen LogP) is 2.41. The lowest BCUT2D eigenvalue weighted by Gasteiger charge is -2.08. The second-order valence-electron chi connectivity index (χ2n) is 3.61. The number of nitrogens with one attached hydrogen (secondary N) is 1. The van der Waals surface area contributed by atoms with Crippen LogP contribution in [0.15, 0.2) is 18.2 Å². The SMILES string of the molecule is CCCCC(=O)Nc1ccc(OC)c(N)c1. The number of hydrogen-bond donors (Lipinski definition) is 2. The Kier molecular flexibility index (Phi) is 4.64. The Morgan fingerprint density at radius 3 is 2.81 bits per heavy atom. The van der Waals surface area contributed by atoms with E-state index in [0.717, 1.165) is 12.8 Å². The van der Waals surface area contributed by atoms with Crippen molar-refractivity contribution in [2.45, 2.75) is 26.2 Å². The van der Waals surface area contributed by atoms with E-state index in [9.17, 15) is 4.79 Å². The molecule has 0 aliphatic heterocycles. The van der Waals surface area contributed by atoms with Crippen LogP contribution in [0.5, 0.6) is 5.75 Å². The zero-order chi connectivity index (χ0) is 12.0. The maximum atomic E-state index is 11.5. The highest BCUT2D eigenvalue weighted by Gasteiger charge is 2.04. The Morgan fingerprint density at radius 2 is 2.25 bits per heavy atom. The molecule has 4 nitrogen and oxygen atoms in total. The van der Waals surface area contributed by atoms with Crippen LogP contribution in [-0.2, 0) is 4.79 Å². The minimum Gasteiger partial charge on any atom is -0.495 e.